The molecule has 1 atom stereocenters. The minimum atomic E-state index is -4.18. The van der Waals surface area contributed by atoms with Crippen molar-refractivity contribution in [2.24, 2.45) is 0 Å². The number of carbonyl (C=O) groups excluding carboxylic acids is 2. The number of amides is 2. The molecule has 1 N–H and O–H groups in total. The van der Waals surface area contributed by atoms with Crippen LogP contribution >= 0.6 is 23.2 Å². The Morgan fingerprint density at radius 2 is 1.48 bits per heavy atom. The Hall–Kier alpha value is -3.07. The number of rotatable bonds is 10. The van der Waals surface area contributed by atoms with E-state index in [9.17, 15) is 18.0 Å². The lowest BCUT2D eigenvalue weighted by molar-refractivity contribution is -0.141. The molecule has 3 rings (SSSR count). The second-order valence-electron chi connectivity index (χ2n) is 11.4. The van der Waals surface area contributed by atoms with Crippen molar-refractivity contribution in [3.05, 3.63) is 93.0 Å². The molecule has 0 bridgehead atoms. The number of nitrogens with zero attached hydrogens (tertiary/aromatic N) is 2. The molecule has 10 heteroatoms. The molecule has 0 unspecified atom stereocenters. The van der Waals surface area contributed by atoms with E-state index in [1.54, 1.807) is 49.4 Å². The number of hydrogen-bond acceptors (Lipinski definition) is 4. The topological polar surface area (TPSA) is 86.8 Å². The molecule has 2 amide bonds. The van der Waals surface area contributed by atoms with Gasteiger partial charge in [-0.25, -0.2) is 8.42 Å². The van der Waals surface area contributed by atoms with Crippen LogP contribution in [0.4, 0.5) is 5.69 Å². The first-order chi connectivity index (χ1) is 19.6. The monoisotopic (exact) mass is 631 g/mol. The van der Waals surface area contributed by atoms with Crippen molar-refractivity contribution in [2.45, 2.75) is 77.9 Å². The second kappa shape index (κ2) is 13.5. The minimum Gasteiger partial charge on any atom is -0.350 e. The van der Waals surface area contributed by atoms with Crippen molar-refractivity contribution >= 4 is 50.7 Å². The first-order valence-corrected chi connectivity index (χ1v) is 16.0. The number of sulfonamides is 1. The molecule has 42 heavy (non-hydrogen) atoms. The Kier molecular flexibility index (Phi) is 10.7. The molecule has 3 aromatic carbocycles. The Morgan fingerprint density at radius 1 is 0.905 bits per heavy atom. The maximum atomic E-state index is 14.3. The normalized spacial score (nSPS) is 12.5. The van der Waals surface area contributed by atoms with E-state index in [1.807, 2.05) is 47.6 Å². The van der Waals surface area contributed by atoms with Crippen LogP contribution in [0.1, 0.15) is 56.4 Å². The van der Waals surface area contributed by atoms with Gasteiger partial charge in [-0.05, 0) is 89.4 Å². The van der Waals surface area contributed by atoms with Gasteiger partial charge in [0.05, 0.1) is 10.6 Å². The van der Waals surface area contributed by atoms with E-state index in [-0.39, 0.29) is 23.8 Å². The van der Waals surface area contributed by atoms with Crippen molar-refractivity contribution < 1.29 is 18.0 Å². The third-order valence-electron chi connectivity index (χ3n) is 7.01. The summed E-state index contributed by atoms with van der Waals surface area (Å²) in [5.41, 5.74) is 2.80. The standard InChI is InChI=1S/C32H39Cl2N3O4S/c1-8-28(31(39)35-32(5,6)7)36(19-25-26(33)12-10-13-27(25)34)30(38)20-37(29-14-9-11-22(3)23(29)4)42(40,41)24-17-15-21(2)16-18-24/h9-18,28H,8,19-20H2,1-7H3,(H,35,39)/t28-/m0/s1. The average molecular weight is 633 g/mol. The summed E-state index contributed by atoms with van der Waals surface area (Å²) in [5, 5.41) is 3.63. The number of carbonyl (C=O) groups is 2. The molecule has 0 aliphatic rings. The van der Waals surface area contributed by atoms with E-state index in [0.29, 0.717) is 21.3 Å². The lowest BCUT2D eigenvalue weighted by atomic mass is 10.1. The first kappa shape index (κ1) is 33.4. The lowest BCUT2D eigenvalue weighted by Crippen LogP contribution is -2.55. The maximum Gasteiger partial charge on any atom is 0.264 e. The van der Waals surface area contributed by atoms with Crippen LogP contribution in [0.3, 0.4) is 0 Å². The number of anilines is 1. The van der Waals surface area contributed by atoms with Gasteiger partial charge in [0.2, 0.25) is 11.8 Å². The number of aryl methyl sites for hydroxylation is 2. The summed E-state index contributed by atoms with van der Waals surface area (Å²) in [5.74, 6) is -0.931. The molecule has 0 heterocycles. The zero-order valence-corrected chi connectivity index (χ0v) is 27.5. The number of benzene rings is 3. The smallest absolute Gasteiger partial charge is 0.264 e. The van der Waals surface area contributed by atoms with Crippen LogP contribution in [0.15, 0.2) is 65.6 Å². The third kappa shape index (κ3) is 7.85. The Balaban J connectivity index is 2.16. The molecule has 0 aliphatic heterocycles. The highest BCUT2D eigenvalue weighted by Gasteiger charge is 2.35. The molecule has 3 aromatic rings. The molecule has 0 saturated carbocycles. The number of nitrogens with one attached hydrogen (secondary N) is 1. The molecular weight excluding hydrogens is 593 g/mol. The van der Waals surface area contributed by atoms with E-state index in [1.165, 1.54) is 17.0 Å². The van der Waals surface area contributed by atoms with Gasteiger partial charge in [-0.2, -0.15) is 0 Å². The first-order valence-electron chi connectivity index (χ1n) is 13.8. The van der Waals surface area contributed by atoms with E-state index in [2.05, 4.69) is 5.32 Å². The minimum absolute atomic E-state index is 0.0556. The fraction of sp³-hybridized carbons (Fsp3) is 0.375. The fourth-order valence-electron chi connectivity index (χ4n) is 4.58. The van der Waals surface area contributed by atoms with Crippen LogP contribution in [0, 0.1) is 20.8 Å². The number of hydrogen-bond donors (Lipinski definition) is 1. The molecule has 0 aliphatic carbocycles. The summed E-state index contributed by atoms with van der Waals surface area (Å²) in [6.45, 7) is 12.3. The quantitative estimate of drug-likeness (QED) is 0.265. The molecule has 0 fully saturated rings. The van der Waals surface area contributed by atoms with E-state index >= 15 is 0 Å². The predicted molar refractivity (Wildman–Crippen MR) is 171 cm³/mol. The van der Waals surface area contributed by atoms with E-state index < -0.39 is 34.1 Å². The third-order valence-corrected chi connectivity index (χ3v) is 9.49. The Labute approximate surface area is 259 Å². The number of halogens is 2. The summed E-state index contributed by atoms with van der Waals surface area (Å²) in [6.07, 6.45) is 0.282. The van der Waals surface area contributed by atoms with E-state index in [0.717, 1.165) is 21.0 Å². The average Bonchev–Trinajstić information content (AvgIpc) is 2.89. The highest BCUT2D eigenvalue weighted by Crippen LogP contribution is 2.31. The molecule has 0 aromatic heterocycles. The fourth-order valence-corrected chi connectivity index (χ4v) is 6.57. The molecule has 7 nitrogen and oxygen atoms in total. The van der Waals surface area contributed by atoms with Crippen LogP contribution in [0.5, 0.6) is 0 Å². The molecular formula is C32H39Cl2N3O4S. The lowest BCUT2D eigenvalue weighted by Gasteiger charge is -2.35. The Morgan fingerprint density at radius 3 is 2.02 bits per heavy atom. The van der Waals surface area contributed by atoms with E-state index in [4.69, 9.17) is 23.2 Å². The van der Waals surface area contributed by atoms with Crippen LogP contribution in [0.25, 0.3) is 0 Å². The molecule has 226 valence electrons. The summed E-state index contributed by atoms with van der Waals surface area (Å²) >= 11 is 13.0. The largest absolute Gasteiger partial charge is 0.350 e. The Bertz CT molecular complexity index is 1530. The van der Waals surface area contributed by atoms with Crippen LogP contribution in [0.2, 0.25) is 10.0 Å². The molecule has 0 spiro atoms. The summed E-state index contributed by atoms with van der Waals surface area (Å²) < 4.78 is 29.4. The van der Waals surface area contributed by atoms with Gasteiger partial charge in [0.15, 0.2) is 0 Å². The van der Waals surface area contributed by atoms with Crippen molar-refractivity contribution in [3.8, 4) is 0 Å². The van der Waals surface area contributed by atoms with Crippen LogP contribution in [-0.2, 0) is 26.2 Å². The van der Waals surface area contributed by atoms with Gasteiger partial charge in [0.25, 0.3) is 10.0 Å². The van der Waals surface area contributed by atoms with Crippen molar-refractivity contribution in [3.63, 3.8) is 0 Å². The highest BCUT2D eigenvalue weighted by molar-refractivity contribution is 7.92. The van der Waals surface area contributed by atoms with Gasteiger partial charge in [0, 0.05) is 27.7 Å². The summed E-state index contributed by atoms with van der Waals surface area (Å²) in [4.78, 5) is 29.2. The van der Waals surface area contributed by atoms with Gasteiger partial charge in [-0.3, -0.25) is 13.9 Å². The molecule has 0 saturated heterocycles. The SMILES string of the molecule is CC[C@@H](C(=O)NC(C)(C)C)N(Cc1c(Cl)cccc1Cl)C(=O)CN(c1cccc(C)c1C)S(=O)(=O)c1ccc(C)cc1. The zero-order valence-electron chi connectivity index (χ0n) is 25.2. The van der Waals surface area contributed by atoms with Gasteiger partial charge < -0.3 is 10.2 Å². The maximum absolute atomic E-state index is 14.3. The van der Waals surface area contributed by atoms with Crippen LogP contribution in [-0.4, -0.2) is 43.3 Å². The summed E-state index contributed by atoms with van der Waals surface area (Å²) in [7, 11) is -4.18. The van der Waals surface area contributed by atoms with Crippen molar-refractivity contribution in [1.29, 1.82) is 0 Å². The van der Waals surface area contributed by atoms with Gasteiger partial charge in [0.1, 0.15) is 12.6 Å². The van der Waals surface area contributed by atoms with Gasteiger partial charge in [-0.15, -0.1) is 0 Å². The van der Waals surface area contributed by atoms with Gasteiger partial charge in [-0.1, -0.05) is 66.0 Å². The second-order valence-corrected chi connectivity index (χ2v) is 14.1. The zero-order chi connectivity index (χ0) is 31.4. The predicted octanol–water partition coefficient (Wildman–Crippen LogP) is 6.84. The van der Waals surface area contributed by atoms with Gasteiger partial charge >= 0.3 is 0 Å². The van der Waals surface area contributed by atoms with Crippen molar-refractivity contribution in [2.75, 3.05) is 10.8 Å². The summed E-state index contributed by atoms with van der Waals surface area (Å²) in [6, 6.07) is 15.9. The van der Waals surface area contributed by atoms with Crippen LogP contribution < -0.4 is 9.62 Å². The van der Waals surface area contributed by atoms with Crippen molar-refractivity contribution in [1.82, 2.24) is 10.2 Å². The highest BCUT2D eigenvalue weighted by atomic mass is 35.5. The molecule has 0 radical (unpaired) electrons.